The number of carbonyl (C=O) groups excluding carboxylic acids is 4. The van der Waals surface area contributed by atoms with E-state index in [1.807, 2.05) is 12.2 Å². The lowest BCUT2D eigenvalue weighted by Crippen LogP contribution is -2.30. The number of hydrogen-bond donors (Lipinski definition) is 3. The van der Waals surface area contributed by atoms with Gasteiger partial charge >= 0.3 is 39.5 Å². The van der Waals surface area contributed by atoms with E-state index in [0.717, 1.165) is 103 Å². The van der Waals surface area contributed by atoms with Crippen molar-refractivity contribution in [3.8, 4) is 0 Å². The molecule has 0 aliphatic carbocycles. The van der Waals surface area contributed by atoms with Gasteiger partial charge in [0, 0.05) is 25.7 Å². The van der Waals surface area contributed by atoms with Gasteiger partial charge < -0.3 is 33.8 Å². The maximum Gasteiger partial charge on any atom is 0.472 e. The highest BCUT2D eigenvalue weighted by molar-refractivity contribution is 7.47. The minimum atomic E-state index is -4.98. The van der Waals surface area contributed by atoms with E-state index < -0.39 is 97.5 Å². The molecular weight excluding hydrogens is 1310 g/mol. The molecule has 100 heavy (non-hydrogen) atoms. The molecule has 0 amide bonds. The Morgan fingerprint density at radius 2 is 0.520 bits per heavy atom. The lowest BCUT2D eigenvalue weighted by atomic mass is 10.0. The molecule has 0 bridgehead atoms. The summed E-state index contributed by atoms with van der Waals surface area (Å²) in [5, 5.41) is 10.6. The van der Waals surface area contributed by atoms with E-state index in [1.165, 1.54) is 186 Å². The Kier molecular flexibility index (Phi) is 71.6. The second kappa shape index (κ2) is 74.0. The molecular formula is C81H148O17P2. The van der Waals surface area contributed by atoms with E-state index in [1.54, 1.807) is 0 Å². The lowest BCUT2D eigenvalue weighted by molar-refractivity contribution is -0.161. The maximum atomic E-state index is 13.1. The molecule has 0 saturated heterocycles. The van der Waals surface area contributed by atoms with Crippen molar-refractivity contribution >= 4 is 39.5 Å². The number of phosphoric acid groups is 2. The Morgan fingerprint density at radius 1 is 0.290 bits per heavy atom. The third-order valence-electron chi connectivity index (χ3n) is 17.5. The summed E-state index contributed by atoms with van der Waals surface area (Å²) in [6.45, 7) is 4.79. The summed E-state index contributed by atoms with van der Waals surface area (Å²) in [7, 11) is -9.95. The van der Waals surface area contributed by atoms with E-state index >= 15 is 0 Å². The number of rotatable bonds is 77. The van der Waals surface area contributed by atoms with Gasteiger partial charge in [-0.2, -0.15) is 0 Å². The first-order valence-corrected chi connectivity index (χ1v) is 43.5. The largest absolute Gasteiger partial charge is 0.472 e. The fourth-order valence-corrected chi connectivity index (χ4v) is 13.0. The SMILES string of the molecule is CC/C=C\C/C=C\C/C=C\C/C=C\C/C=C\CCCC(=O)OCC(COP(=O)(O)OCC(O)COP(=O)(O)OCC(COC(=O)CCCCCCCCCCCCCCCCC)OC(=O)CCCCCCCCCCCCCCCCC)OC(=O)CCCCCCCCCCCCCCC. The third kappa shape index (κ3) is 73.1. The number of carbonyl (C=O) groups is 4. The molecule has 0 aromatic carbocycles. The number of aliphatic hydroxyl groups is 1. The molecule has 0 heterocycles. The highest BCUT2D eigenvalue weighted by Crippen LogP contribution is 2.45. The molecule has 5 unspecified atom stereocenters. The third-order valence-corrected chi connectivity index (χ3v) is 19.4. The van der Waals surface area contributed by atoms with Crippen LogP contribution in [0.25, 0.3) is 0 Å². The first-order valence-electron chi connectivity index (χ1n) is 40.5. The Morgan fingerprint density at radius 3 is 0.800 bits per heavy atom. The van der Waals surface area contributed by atoms with Gasteiger partial charge in [-0.3, -0.25) is 37.3 Å². The van der Waals surface area contributed by atoms with Gasteiger partial charge in [0.15, 0.2) is 12.2 Å². The van der Waals surface area contributed by atoms with Crippen LogP contribution < -0.4 is 0 Å². The summed E-state index contributed by atoms with van der Waals surface area (Å²) in [4.78, 5) is 73.0. The molecule has 0 aliphatic rings. The van der Waals surface area contributed by atoms with Gasteiger partial charge in [0.1, 0.15) is 19.3 Å². The van der Waals surface area contributed by atoms with Crippen LogP contribution in [0.4, 0.5) is 0 Å². The van der Waals surface area contributed by atoms with Crippen molar-refractivity contribution in [1.82, 2.24) is 0 Å². The molecule has 0 saturated carbocycles. The van der Waals surface area contributed by atoms with Crippen LogP contribution in [-0.4, -0.2) is 96.7 Å². The predicted octanol–water partition coefficient (Wildman–Crippen LogP) is 23.5. The predicted molar refractivity (Wildman–Crippen MR) is 409 cm³/mol. The van der Waals surface area contributed by atoms with Crippen LogP contribution in [0.5, 0.6) is 0 Å². The Hall–Kier alpha value is -3.24. The van der Waals surface area contributed by atoms with Crippen molar-refractivity contribution in [2.24, 2.45) is 0 Å². The van der Waals surface area contributed by atoms with E-state index in [-0.39, 0.29) is 25.7 Å². The summed E-state index contributed by atoms with van der Waals surface area (Å²) >= 11 is 0. The zero-order valence-electron chi connectivity index (χ0n) is 63.9. The van der Waals surface area contributed by atoms with Gasteiger partial charge in [-0.25, -0.2) is 9.13 Å². The molecule has 0 spiro atoms. The van der Waals surface area contributed by atoms with Gasteiger partial charge in [0.2, 0.25) is 0 Å². The lowest BCUT2D eigenvalue weighted by Gasteiger charge is -2.21. The number of aliphatic hydroxyl groups excluding tert-OH is 1. The number of esters is 4. The van der Waals surface area contributed by atoms with Gasteiger partial charge in [0.25, 0.3) is 0 Å². The van der Waals surface area contributed by atoms with Gasteiger partial charge in [-0.1, -0.05) is 345 Å². The van der Waals surface area contributed by atoms with Crippen LogP contribution >= 0.6 is 15.6 Å². The molecule has 0 fully saturated rings. The quantitative estimate of drug-likeness (QED) is 0.0169. The van der Waals surface area contributed by atoms with Gasteiger partial charge in [0.05, 0.1) is 26.4 Å². The molecule has 3 N–H and O–H groups in total. The van der Waals surface area contributed by atoms with Crippen LogP contribution in [0, 0.1) is 0 Å². The summed E-state index contributed by atoms with van der Waals surface area (Å²) in [5.41, 5.74) is 0. The number of unbranched alkanes of at least 4 members (excludes halogenated alkanes) is 41. The molecule has 19 heteroatoms. The van der Waals surface area contributed by atoms with Gasteiger partial charge in [-0.05, 0) is 64.2 Å². The zero-order valence-corrected chi connectivity index (χ0v) is 65.7. The van der Waals surface area contributed by atoms with Crippen molar-refractivity contribution < 1.29 is 80.2 Å². The molecule has 584 valence electrons. The molecule has 0 aliphatic heterocycles. The Balaban J connectivity index is 5.34. The first-order chi connectivity index (χ1) is 48.7. The minimum Gasteiger partial charge on any atom is -0.462 e. The second-order valence-corrected chi connectivity index (χ2v) is 30.3. The summed E-state index contributed by atoms with van der Waals surface area (Å²) in [6, 6.07) is 0. The fourth-order valence-electron chi connectivity index (χ4n) is 11.4. The normalized spacial score (nSPS) is 14.2. The van der Waals surface area contributed by atoms with E-state index in [0.29, 0.717) is 32.1 Å². The standard InChI is InChI=1S/C81H148O17P2/c1-5-9-13-17-21-25-29-33-36-37-40-43-46-50-54-58-62-66-79(84)92-71-76(97-80(85)67-63-59-55-51-47-41-32-28-24-20-16-12-8-4)73-95-99(87,88)93-69-75(82)70-94-100(89,90)96-74-77(98-81(86)68-64-60-56-52-48-44-39-35-31-27-23-19-15-11-7-3)72-91-78(83)65-61-57-53-49-45-42-38-34-30-26-22-18-14-10-6-2/h9,13,21,25,33,36,40,43,50,54,75-77,82H,5-8,10-12,14-20,22-24,26-32,34-35,37-39,41-42,44-49,51-53,55-74H2,1-4H3,(H,87,88)(H,89,90)/b13-9-,25-21-,36-33-,43-40-,54-50-. The molecule has 0 aromatic heterocycles. The minimum absolute atomic E-state index is 0.0882. The molecule has 17 nitrogen and oxygen atoms in total. The van der Waals surface area contributed by atoms with Crippen molar-refractivity contribution in [2.45, 2.75) is 393 Å². The summed E-state index contributed by atoms with van der Waals surface area (Å²) in [6.07, 6.45) is 73.4. The zero-order chi connectivity index (χ0) is 73.2. The molecule has 0 radical (unpaired) electrons. The van der Waals surface area contributed by atoms with Crippen molar-refractivity contribution in [2.75, 3.05) is 39.6 Å². The number of allylic oxidation sites excluding steroid dienone is 10. The molecule has 0 rings (SSSR count). The molecule has 0 aromatic rings. The number of ether oxygens (including phenoxy) is 4. The van der Waals surface area contributed by atoms with Crippen molar-refractivity contribution in [1.29, 1.82) is 0 Å². The Bertz CT molecular complexity index is 2130. The Labute approximate surface area is 610 Å². The highest BCUT2D eigenvalue weighted by Gasteiger charge is 2.30. The number of hydrogen-bond acceptors (Lipinski definition) is 15. The van der Waals surface area contributed by atoms with Crippen LogP contribution in [0.1, 0.15) is 374 Å². The van der Waals surface area contributed by atoms with Gasteiger partial charge in [-0.15, -0.1) is 0 Å². The smallest absolute Gasteiger partial charge is 0.462 e. The van der Waals surface area contributed by atoms with Crippen LogP contribution in [-0.2, 0) is 65.4 Å². The molecule has 5 atom stereocenters. The summed E-state index contributed by atoms with van der Waals surface area (Å²) < 4.78 is 68.6. The van der Waals surface area contributed by atoms with E-state index in [9.17, 15) is 43.2 Å². The average Bonchev–Trinajstić information content (AvgIpc) is 0.965. The van der Waals surface area contributed by atoms with Crippen molar-refractivity contribution in [3.05, 3.63) is 60.8 Å². The maximum absolute atomic E-state index is 13.1. The van der Waals surface area contributed by atoms with Crippen molar-refractivity contribution in [3.63, 3.8) is 0 Å². The average molecular weight is 1460 g/mol. The highest BCUT2D eigenvalue weighted by atomic mass is 31.2. The van der Waals surface area contributed by atoms with E-state index in [2.05, 4.69) is 76.3 Å². The second-order valence-electron chi connectivity index (χ2n) is 27.4. The van der Waals surface area contributed by atoms with Crippen LogP contribution in [0.15, 0.2) is 60.8 Å². The van der Waals surface area contributed by atoms with Crippen LogP contribution in [0.3, 0.4) is 0 Å². The summed E-state index contributed by atoms with van der Waals surface area (Å²) in [5.74, 6) is -2.20. The fraction of sp³-hybridized carbons (Fsp3) is 0.827. The monoisotopic (exact) mass is 1460 g/mol. The first kappa shape index (κ1) is 96.8. The number of phosphoric ester groups is 2. The van der Waals surface area contributed by atoms with Crippen LogP contribution in [0.2, 0.25) is 0 Å². The topological polar surface area (TPSA) is 237 Å². The van der Waals surface area contributed by atoms with E-state index in [4.69, 9.17) is 37.0 Å².